The van der Waals surface area contributed by atoms with Gasteiger partial charge in [0.15, 0.2) is 0 Å². The Labute approximate surface area is 112 Å². The first kappa shape index (κ1) is 14.1. The molecule has 0 aromatic heterocycles. The number of alkyl halides is 1. The Morgan fingerprint density at radius 1 is 1.19 bits per heavy atom. The normalized spacial score (nSPS) is 11.1. The molecule has 0 atom stereocenters. The van der Waals surface area contributed by atoms with Crippen LogP contribution < -0.4 is 0 Å². The topological polar surface area (TPSA) is 3.24 Å². The van der Waals surface area contributed by atoms with Crippen LogP contribution in [0.5, 0.6) is 0 Å². The van der Waals surface area contributed by atoms with Crippen LogP contribution in [0.25, 0.3) is 0 Å². The highest BCUT2D eigenvalue weighted by molar-refractivity contribution is 6.35. The maximum Gasteiger partial charge on any atom is 0.0465 e. The third-order valence-electron chi connectivity index (χ3n) is 2.35. The molecule has 0 fully saturated rings. The summed E-state index contributed by atoms with van der Waals surface area (Å²) in [4.78, 5) is 2.29. The van der Waals surface area contributed by atoms with Crippen LogP contribution in [-0.4, -0.2) is 23.9 Å². The molecule has 4 heteroatoms. The molecule has 0 unspecified atom stereocenters. The molecule has 0 aliphatic heterocycles. The van der Waals surface area contributed by atoms with E-state index < -0.39 is 0 Å². The molecule has 0 saturated carbocycles. The molecule has 0 spiro atoms. The molecule has 0 aliphatic carbocycles. The fourth-order valence-corrected chi connectivity index (χ4v) is 2.30. The van der Waals surface area contributed by atoms with Gasteiger partial charge in [-0.1, -0.05) is 36.2 Å². The van der Waals surface area contributed by atoms with Gasteiger partial charge in [-0.25, -0.2) is 0 Å². The lowest BCUT2D eigenvalue weighted by molar-refractivity contribution is 0.282. The van der Waals surface area contributed by atoms with Gasteiger partial charge in [0, 0.05) is 29.0 Å². The average molecular weight is 281 g/mol. The van der Waals surface area contributed by atoms with Gasteiger partial charge in [0.2, 0.25) is 0 Å². The van der Waals surface area contributed by atoms with E-state index in [1.54, 1.807) is 6.07 Å². The van der Waals surface area contributed by atoms with E-state index in [-0.39, 0.29) is 0 Å². The summed E-state index contributed by atoms with van der Waals surface area (Å²) in [5.74, 6) is 0.644. The first-order chi connectivity index (χ1) is 7.67. The standard InChI is InChI=1S/C12H16Cl3N/c1-2-6-16(7-5-13)9-10-3-4-11(14)8-12(10)15/h3-4,8H,2,5-7,9H2,1H3. The minimum atomic E-state index is 0.644. The lowest BCUT2D eigenvalue weighted by atomic mass is 10.2. The zero-order chi connectivity index (χ0) is 12.0. The van der Waals surface area contributed by atoms with Crippen LogP contribution in [0, 0.1) is 0 Å². The molecule has 1 rings (SSSR count). The first-order valence-electron chi connectivity index (χ1n) is 5.39. The van der Waals surface area contributed by atoms with E-state index in [0.29, 0.717) is 10.9 Å². The van der Waals surface area contributed by atoms with Crippen molar-refractivity contribution in [3.8, 4) is 0 Å². The summed E-state index contributed by atoms with van der Waals surface area (Å²) in [6, 6.07) is 5.62. The van der Waals surface area contributed by atoms with Crippen LogP contribution in [0.15, 0.2) is 18.2 Å². The van der Waals surface area contributed by atoms with Gasteiger partial charge in [0.1, 0.15) is 0 Å². The maximum atomic E-state index is 6.13. The molecule has 90 valence electrons. The smallest absolute Gasteiger partial charge is 0.0465 e. The quantitative estimate of drug-likeness (QED) is 0.696. The molecular formula is C12H16Cl3N. The second-order valence-corrected chi connectivity index (χ2v) is 4.92. The zero-order valence-corrected chi connectivity index (χ0v) is 11.6. The van der Waals surface area contributed by atoms with Gasteiger partial charge in [-0.3, -0.25) is 4.90 Å². The summed E-state index contributed by atoms with van der Waals surface area (Å²) in [6.45, 7) is 4.90. The highest BCUT2D eigenvalue weighted by Gasteiger charge is 2.07. The minimum absolute atomic E-state index is 0.644. The molecule has 1 aromatic rings. The predicted octanol–water partition coefficient (Wildman–Crippen LogP) is 4.44. The average Bonchev–Trinajstić information content (AvgIpc) is 2.23. The summed E-state index contributed by atoms with van der Waals surface area (Å²) in [5.41, 5.74) is 1.10. The van der Waals surface area contributed by atoms with Gasteiger partial charge in [-0.15, -0.1) is 11.6 Å². The molecule has 0 radical (unpaired) electrons. The van der Waals surface area contributed by atoms with E-state index >= 15 is 0 Å². The largest absolute Gasteiger partial charge is 0.298 e. The summed E-state index contributed by atoms with van der Waals surface area (Å²) in [5, 5.41) is 1.40. The summed E-state index contributed by atoms with van der Waals surface area (Å²) in [7, 11) is 0. The number of hydrogen-bond acceptors (Lipinski definition) is 1. The second-order valence-electron chi connectivity index (χ2n) is 3.70. The lowest BCUT2D eigenvalue weighted by Gasteiger charge is -2.21. The summed E-state index contributed by atoms with van der Waals surface area (Å²) < 4.78 is 0. The number of hydrogen-bond donors (Lipinski definition) is 0. The van der Waals surface area contributed by atoms with Crippen molar-refractivity contribution in [1.29, 1.82) is 0 Å². The maximum absolute atomic E-state index is 6.13. The van der Waals surface area contributed by atoms with Crippen molar-refractivity contribution in [1.82, 2.24) is 4.90 Å². The van der Waals surface area contributed by atoms with Crippen molar-refractivity contribution in [3.05, 3.63) is 33.8 Å². The van der Waals surface area contributed by atoms with E-state index in [2.05, 4.69) is 11.8 Å². The Morgan fingerprint density at radius 2 is 1.94 bits per heavy atom. The molecule has 0 N–H and O–H groups in total. The third-order valence-corrected chi connectivity index (χ3v) is 3.11. The molecule has 0 heterocycles. The lowest BCUT2D eigenvalue weighted by Crippen LogP contribution is -2.26. The van der Waals surface area contributed by atoms with Crippen LogP contribution in [-0.2, 0) is 6.54 Å². The molecule has 0 aliphatic rings. The van der Waals surface area contributed by atoms with E-state index in [1.807, 2.05) is 12.1 Å². The van der Waals surface area contributed by atoms with Crippen molar-refractivity contribution in [3.63, 3.8) is 0 Å². The number of rotatable bonds is 6. The van der Waals surface area contributed by atoms with Gasteiger partial charge in [-0.05, 0) is 30.7 Å². The van der Waals surface area contributed by atoms with Crippen molar-refractivity contribution < 1.29 is 0 Å². The molecule has 16 heavy (non-hydrogen) atoms. The van der Waals surface area contributed by atoms with E-state index in [4.69, 9.17) is 34.8 Å². The van der Waals surface area contributed by atoms with Crippen LogP contribution in [0.3, 0.4) is 0 Å². The van der Waals surface area contributed by atoms with E-state index in [1.165, 1.54) is 0 Å². The van der Waals surface area contributed by atoms with Gasteiger partial charge in [0.25, 0.3) is 0 Å². The Kier molecular flexibility index (Phi) is 6.52. The minimum Gasteiger partial charge on any atom is -0.298 e. The van der Waals surface area contributed by atoms with E-state index in [0.717, 1.165) is 36.6 Å². The second kappa shape index (κ2) is 7.39. The molecule has 0 bridgehead atoms. The van der Waals surface area contributed by atoms with Crippen LogP contribution >= 0.6 is 34.8 Å². The van der Waals surface area contributed by atoms with Crippen LogP contribution in [0.1, 0.15) is 18.9 Å². The highest BCUT2D eigenvalue weighted by atomic mass is 35.5. The van der Waals surface area contributed by atoms with E-state index in [9.17, 15) is 0 Å². The van der Waals surface area contributed by atoms with Crippen LogP contribution in [0.4, 0.5) is 0 Å². The van der Waals surface area contributed by atoms with Gasteiger partial charge in [-0.2, -0.15) is 0 Å². The van der Waals surface area contributed by atoms with Crippen molar-refractivity contribution in [2.45, 2.75) is 19.9 Å². The Morgan fingerprint density at radius 3 is 2.50 bits per heavy atom. The van der Waals surface area contributed by atoms with Gasteiger partial charge >= 0.3 is 0 Å². The first-order valence-corrected chi connectivity index (χ1v) is 6.68. The predicted molar refractivity (Wildman–Crippen MR) is 72.8 cm³/mol. The number of nitrogens with zero attached hydrogens (tertiary/aromatic N) is 1. The van der Waals surface area contributed by atoms with Gasteiger partial charge < -0.3 is 0 Å². The molecular weight excluding hydrogens is 264 g/mol. The fourth-order valence-electron chi connectivity index (χ4n) is 1.60. The van der Waals surface area contributed by atoms with Crippen molar-refractivity contribution >= 4 is 34.8 Å². The Bertz CT molecular complexity index is 322. The Balaban J connectivity index is 2.68. The Hall–Kier alpha value is 0.0500. The van der Waals surface area contributed by atoms with Crippen molar-refractivity contribution in [2.24, 2.45) is 0 Å². The number of benzene rings is 1. The molecule has 0 amide bonds. The third kappa shape index (κ3) is 4.50. The summed E-state index contributed by atoms with van der Waals surface area (Å²) >= 11 is 17.8. The monoisotopic (exact) mass is 279 g/mol. The molecule has 1 nitrogen and oxygen atoms in total. The fraction of sp³-hybridized carbons (Fsp3) is 0.500. The molecule has 1 aromatic carbocycles. The summed E-state index contributed by atoms with van der Waals surface area (Å²) in [6.07, 6.45) is 1.11. The molecule has 0 saturated heterocycles. The number of halogens is 3. The zero-order valence-electron chi connectivity index (χ0n) is 9.35. The SMILES string of the molecule is CCCN(CCCl)Cc1ccc(Cl)cc1Cl. The highest BCUT2D eigenvalue weighted by Crippen LogP contribution is 2.22. The van der Waals surface area contributed by atoms with Crippen LogP contribution in [0.2, 0.25) is 10.0 Å². The van der Waals surface area contributed by atoms with Crippen molar-refractivity contribution in [2.75, 3.05) is 19.0 Å². The van der Waals surface area contributed by atoms with Gasteiger partial charge in [0.05, 0.1) is 0 Å².